The third-order valence-electron chi connectivity index (χ3n) is 2.40. The molecule has 0 saturated carbocycles. The highest BCUT2D eigenvalue weighted by Gasteiger charge is 2.16. The Bertz CT molecular complexity index is 601. The Kier molecular flexibility index (Phi) is 4.29. The van der Waals surface area contributed by atoms with Gasteiger partial charge in [0.15, 0.2) is 0 Å². The van der Waals surface area contributed by atoms with Crippen LogP contribution in [0, 0.1) is 10.1 Å². The van der Waals surface area contributed by atoms with Gasteiger partial charge in [0.25, 0.3) is 0 Å². The van der Waals surface area contributed by atoms with Gasteiger partial charge in [0, 0.05) is 16.0 Å². The SMILES string of the molecule is CSc1ccc(Oc2ccc(Cl)cc2[N+](=O)[O-])cc1. The Balaban J connectivity index is 2.29. The lowest BCUT2D eigenvalue weighted by molar-refractivity contribution is -0.385. The molecule has 0 fully saturated rings. The Hall–Kier alpha value is -1.72. The minimum atomic E-state index is -0.516. The summed E-state index contributed by atoms with van der Waals surface area (Å²) in [7, 11) is 0. The van der Waals surface area contributed by atoms with Crippen molar-refractivity contribution in [3.8, 4) is 11.5 Å². The quantitative estimate of drug-likeness (QED) is 0.463. The first-order valence-electron chi connectivity index (χ1n) is 5.36. The lowest BCUT2D eigenvalue weighted by Gasteiger charge is -2.07. The van der Waals surface area contributed by atoms with Gasteiger partial charge in [0.1, 0.15) is 5.75 Å². The van der Waals surface area contributed by atoms with Crippen molar-refractivity contribution in [2.45, 2.75) is 4.90 Å². The molecule has 0 aliphatic rings. The summed E-state index contributed by atoms with van der Waals surface area (Å²) < 4.78 is 5.52. The zero-order valence-corrected chi connectivity index (χ0v) is 11.6. The summed E-state index contributed by atoms with van der Waals surface area (Å²) in [5.74, 6) is 0.717. The Morgan fingerprint density at radius 1 is 1.21 bits per heavy atom. The van der Waals surface area contributed by atoms with Crippen LogP contribution in [-0.2, 0) is 0 Å². The number of hydrogen-bond acceptors (Lipinski definition) is 4. The normalized spacial score (nSPS) is 10.2. The van der Waals surface area contributed by atoms with E-state index in [0.29, 0.717) is 10.8 Å². The Morgan fingerprint density at radius 2 is 1.89 bits per heavy atom. The molecule has 98 valence electrons. The van der Waals surface area contributed by atoms with Gasteiger partial charge in [-0.25, -0.2) is 0 Å². The molecule has 2 aromatic carbocycles. The van der Waals surface area contributed by atoms with E-state index in [-0.39, 0.29) is 11.4 Å². The number of rotatable bonds is 4. The van der Waals surface area contributed by atoms with E-state index in [2.05, 4.69) is 0 Å². The van der Waals surface area contributed by atoms with Crippen molar-refractivity contribution in [2.75, 3.05) is 6.26 Å². The van der Waals surface area contributed by atoms with Crippen molar-refractivity contribution in [3.63, 3.8) is 0 Å². The summed E-state index contributed by atoms with van der Waals surface area (Å²) in [5, 5.41) is 11.2. The number of ether oxygens (including phenoxy) is 1. The average molecular weight is 296 g/mol. The summed E-state index contributed by atoms with van der Waals surface area (Å²) in [5.41, 5.74) is -0.151. The number of nitro groups is 1. The van der Waals surface area contributed by atoms with E-state index in [1.165, 1.54) is 12.1 Å². The number of halogens is 1. The Morgan fingerprint density at radius 3 is 2.47 bits per heavy atom. The summed E-state index contributed by atoms with van der Waals surface area (Å²) >= 11 is 7.35. The minimum absolute atomic E-state index is 0.151. The van der Waals surface area contributed by atoms with Gasteiger partial charge in [0.2, 0.25) is 5.75 Å². The fraction of sp³-hybridized carbons (Fsp3) is 0.0769. The number of nitro benzene ring substituents is 1. The van der Waals surface area contributed by atoms with E-state index >= 15 is 0 Å². The van der Waals surface area contributed by atoms with E-state index < -0.39 is 4.92 Å². The van der Waals surface area contributed by atoms with Crippen molar-refractivity contribution < 1.29 is 9.66 Å². The second kappa shape index (κ2) is 5.95. The van der Waals surface area contributed by atoms with E-state index in [1.54, 1.807) is 30.0 Å². The molecule has 2 rings (SSSR count). The van der Waals surface area contributed by atoms with Crippen molar-refractivity contribution in [3.05, 3.63) is 57.6 Å². The van der Waals surface area contributed by atoms with Gasteiger partial charge < -0.3 is 4.74 Å². The highest BCUT2D eigenvalue weighted by Crippen LogP contribution is 2.33. The van der Waals surface area contributed by atoms with Crippen LogP contribution in [0.15, 0.2) is 47.4 Å². The molecule has 0 heterocycles. The van der Waals surface area contributed by atoms with Gasteiger partial charge in [0.05, 0.1) is 4.92 Å². The van der Waals surface area contributed by atoms with Crippen LogP contribution >= 0.6 is 23.4 Å². The fourth-order valence-corrected chi connectivity index (χ4v) is 2.06. The van der Waals surface area contributed by atoms with Crippen LogP contribution in [0.2, 0.25) is 5.02 Å². The van der Waals surface area contributed by atoms with Crippen LogP contribution in [0.3, 0.4) is 0 Å². The monoisotopic (exact) mass is 295 g/mol. The standard InChI is InChI=1S/C13H10ClNO3S/c1-19-11-5-3-10(4-6-11)18-13-7-2-9(14)8-12(13)15(16)17/h2-8H,1H3. The maximum Gasteiger partial charge on any atom is 0.313 e. The second-order valence-electron chi connectivity index (χ2n) is 3.65. The summed E-state index contributed by atoms with van der Waals surface area (Å²) in [6, 6.07) is 11.6. The Labute approximate surface area is 119 Å². The molecular weight excluding hydrogens is 286 g/mol. The first kappa shape index (κ1) is 13.7. The van der Waals surface area contributed by atoms with E-state index in [1.807, 2.05) is 18.4 Å². The molecular formula is C13H10ClNO3S. The summed E-state index contributed by atoms with van der Waals surface area (Å²) in [4.78, 5) is 11.5. The molecule has 6 heteroatoms. The van der Waals surface area contributed by atoms with Crippen molar-refractivity contribution in [2.24, 2.45) is 0 Å². The summed E-state index contributed by atoms with van der Waals surface area (Å²) in [6.45, 7) is 0. The second-order valence-corrected chi connectivity index (χ2v) is 4.96. The average Bonchev–Trinajstić information content (AvgIpc) is 2.41. The number of hydrogen-bond donors (Lipinski definition) is 0. The van der Waals surface area contributed by atoms with Crippen LogP contribution in [0.4, 0.5) is 5.69 Å². The largest absolute Gasteiger partial charge is 0.450 e. The van der Waals surface area contributed by atoms with Gasteiger partial charge in [-0.1, -0.05) is 11.6 Å². The lowest BCUT2D eigenvalue weighted by atomic mass is 10.3. The van der Waals surface area contributed by atoms with Gasteiger partial charge in [-0.15, -0.1) is 11.8 Å². The third kappa shape index (κ3) is 3.39. The molecule has 0 aliphatic heterocycles. The molecule has 0 spiro atoms. The molecule has 0 bridgehead atoms. The molecule has 2 aromatic rings. The molecule has 0 radical (unpaired) electrons. The van der Waals surface area contributed by atoms with Gasteiger partial charge >= 0.3 is 5.69 Å². The van der Waals surface area contributed by atoms with Crippen LogP contribution in [0.1, 0.15) is 0 Å². The predicted molar refractivity (Wildman–Crippen MR) is 76.4 cm³/mol. The van der Waals surface area contributed by atoms with Crippen molar-refractivity contribution in [1.29, 1.82) is 0 Å². The maximum atomic E-state index is 10.9. The van der Waals surface area contributed by atoms with E-state index in [0.717, 1.165) is 4.90 Å². The molecule has 0 aliphatic carbocycles. The fourth-order valence-electron chi connectivity index (χ4n) is 1.49. The van der Waals surface area contributed by atoms with Crippen LogP contribution in [0.5, 0.6) is 11.5 Å². The first-order valence-corrected chi connectivity index (χ1v) is 6.96. The van der Waals surface area contributed by atoms with Gasteiger partial charge in [-0.05, 0) is 42.7 Å². The topological polar surface area (TPSA) is 52.4 Å². The molecule has 0 atom stereocenters. The maximum absolute atomic E-state index is 10.9. The van der Waals surface area contributed by atoms with Crippen molar-refractivity contribution >= 4 is 29.1 Å². The highest BCUT2D eigenvalue weighted by molar-refractivity contribution is 7.98. The number of thioether (sulfide) groups is 1. The molecule has 0 unspecified atom stereocenters. The summed E-state index contributed by atoms with van der Waals surface area (Å²) in [6.07, 6.45) is 1.97. The van der Waals surface area contributed by atoms with Crippen LogP contribution in [0.25, 0.3) is 0 Å². The van der Waals surface area contributed by atoms with Crippen molar-refractivity contribution in [1.82, 2.24) is 0 Å². The predicted octanol–water partition coefficient (Wildman–Crippen LogP) is 4.76. The number of benzene rings is 2. The molecule has 0 saturated heterocycles. The lowest BCUT2D eigenvalue weighted by Crippen LogP contribution is -1.93. The first-order chi connectivity index (χ1) is 9.10. The number of nitrogens with zero attached hydrogens (tertiary/aromatic N) is 1. The van der Waals surface area contributed by atoms with E-state index in [4.69, 9.17) is 16.3 Å². The molecule has 0 N–H and O–H groups in total. The van der Waals surface area contributed by atoms with Gasteiger partial charge in [-0.3, -0.25) is 10.1 Å². The zero-order valence-electron chi connectivity index (χ0n) is 10.00. The van der Waals surface area contributed by atoms with Crippen LogP contribution < -0.4 is 4.74 Å². The molecule has 19 heavy (non-hydrogen) atoms. The molecule has 4 nitrogen and oxygen atoms in total. The third-order valence-corrected chi connectivity index (χ3v) is 3.38. The van der Waals surface area contributed by atoms with E-state index in [9.17, 15) is 10.1 Å². The van der Waals surface area contributed by atoms with Crippen LogP contribution in [-0.4, -0.2) is 11.2 Å². The smallest absolute Gasteiger partial charge is 0.313 e. The van der Waals surface area contributed by atoms with Gasteiger partial charge in [-0.2, -0.15) is 0 Å². The molecule has 0 aromatic heterocycles. The zero-order chi connectivity index (χ0) is 13.8. The highest BCUT2D eigenvalue weighted by atomic mass is 35.5. The minimum Gasteiger partial charge on any atom is -0.450 e. The molecule has 0 amide bonds.